The van der Waals surface area contributed by atoms with Gasteiger partial charge in [0.15, 0.2) is 0 Å². The first-order chi connectivity index (χ1) is 23.7. The first-order valence-electron chi connectivity index (χ1n) is 16.6. The molecule has 0 bridgehead atoms. The predicted octanol–water partition coefficient (Wildman–Crippen LogP) is 0.0978. The number of anilines is 1. The van der Waals surface area contributed by atoms with Crippen molar-refractivity contribution in [2.24, 2.45) is 11.7 Å². The Morgan fingerprint density at radius 1 is 0.694 bits per heavy atom. The van der Waals surface area contributed by atoms with E-state index < -0.39 is 29.8 Å². The predicted molar refractivity (Wildman–Crippen MR) is 181 cm³/mol. The minimum absolute atomic E-state index is 0.0817. The van der Waals surface area contributed by atoms with Crippen LogP contribution in [-0.2, 0) is 54.1 Å². The number of benzene rings is 1. The Morgan fingerprint density at radius 2 is 1.14 bits per heavy atom. The molecule has 0 aliphatic rings. The van der Waals surface area contributed by atoms with E-state index in [0.29, 0.717) is 104 Å². The van der Waals surface area contributed by atoms with Gasteiger partial charge >= 0.3 is 0 Å². The highest BCUT2D eigenvalue weighted by Gasteiger charge is 2.22. The lowest BCUT2D eigenvalue weighted by atomic mass is 10.0. The number of nitrogens with two attached hydrogens (primary N) is 1. The third-order valence-corrected chi connectivity index (χ3v) is 6.76. The molecule has 1 aromatic rings. The molecule has 16 nitrogen and oxygen atoms in total. The van der Waals surface area contributed by atoms with Crippen LogP contribution in [0, 0.1) is 5.92 Å². The van der Waals surface area contributed by atoms with Gasteiger partial charge in [0.2, 0.25) is 11.8 Å². The van der Waals surface area contributed by atoms with E-state index in [2.05, 4.69) is 16.0 Å². The van der Waals surface area contributed by atoms with Crippen LogP contribution >= 0.6 is 0 Å². The van der Waals surface area contributed by atoms with Gasteiger partial charge in [0.1, 0.15) is 6.04 Å². The van der Waals surface area contributed by atoms with Crippen molar-refractivity contribution in [1.29, 1.82) is 0 Å². The van der Waals surface area contributed by atoms with Crippen LogP contribution in [0.3, 0.4) is 0 Å². The second-order valence-electron chi connectivity index (χ2n) is 11.1. The summed E-state index contributed by atoms with van der Waals surface area (Å²) in [6, 6.07) is 3.00. The Morgan fingerprint density at radius 3 is 1.57 bits per heavy atom. The van der Waals surface area contributed by atoms with Crippen LogP contribution in [0.4, 0.5) is 5.69 Å². The van der Waals surface area contributed by atoms with Gasteiger partial charge in [-0.15, -0.1) is 0 Å². The Bertz CT molecular complexity index is 1030. The zero-order valence-corrected chi connectivity index (χ0v) is 29.5. The molecule has 0 spiro atoms. The zero-order chi connectivity index (χ0) is 36.1. The van der Waals surface area contributed by atoms with Crippen LogP contribution in [0.5, 0.6) is 0 Å². The second-order valence-corrected chi connectivity index (χ2v) is 11.1. The maximum atomic E-state index is 12.8. The van der Waals surface area contributed by atoms with Crippen molar-refractivity contribution in [3.8, 4) is 0 Å². The van der Waals surface area contributed by atoms with E-state index >= 15 is 0 Å². The molecule has 0 aromatic heterocycles. The zero-order valence-electron chi connectivity index (χ0n) is 29.5. The summed E-state index contributed by atoms with van der Waals surface area (Å²) in [5.74, 6) is -1.42. The number of carbonyl (C=O) groups excluding carboxylic acids is 3. The highest BCUT2D eigenvalue weighted by atomic mass is 16.6. The standard InChI is InChI=1S/C33H58N4O12/c1-25(2)30(34)33(41)36-26(3)31(39)37-28-6-5-27(24-38)29(23-28)32(40)35-7-8-43-11-12-45-15-16-47-19-20-49-22-21-48-18-17-46-14-13-44-10-9-42-4/h5-6,23,25-26,30,38H,7-22,24,34H2,1-4H3,(H,35,40)(H,36,41)(H,37,39)/t26-,30-/m0/s1. The molecule has 6 N–H and O–H groups in total. The summed E-state index contributed by atoms with van der Waals surface area (Å²) in [7, 11) is 1.63. The summed E-state index contributed by atoms with van der Waals surface area (Å²) >= 11 is 0. The number of aliphatic hydroxyl groups excluding tert-OH is 1. The van der Waals surface area contributed by atoms with Gasteiger partial charge in [0.05, 0.1) is 112 Å². The van der Waals surface area contributed by atoms with Gasteiger partial charge in [-0.1, -0.05) is 19.9 Å². The fourth-order valence-corrected chi connectivity index (χ4v) is 3.83. The summed E-state index contributed by atoms with van der Waals surface area (Å²) < 4.78 is 42.9. The molecule has 0 heterocycles. The summed E-state index contributed by atoms with van der Waals surface area (Å²) in [6.45, 7) is 11.9. The van der Waals surface area contributed by atoms with E-state index in [0.717, 1.165) is 0 Å². The van der Waals surface area contributed by atoms with Gasteiger partial charge in [-0.2, -0.15) is 0 Å². The van der Waals surface area contributed by atoms with Crippen molar-refractivity contribution in [1.82, 2.24) is 10.6 Å². The minimum atomic E-state index is -0.850. The number of aliphatic hydroxyl groups is 1. The van der Waals surface area contributed by atoms with Crippen molar-refractivity contribution >= 4 is 23.4 Å². The summed E-state index contributed by atoms with van der Waals surface area (Å²) in [5.41, 5.74) is 6.78. The third-order valence-electron chi connectivity index (χ3n) is 6.76. The highest BCUT2D eigenvalue weighted by Crippen LogP contribution is 2.17. The van der Waals surface area contributed by atoms with E-state index in [1.165, 1.54) is 13.0 Å². The molecule has 3 amide bonds. The molecule has 0 saturated carbocycles. The Kier molecular flexibility index (Phi) is 26.2. The first-order valence-corrected chi connectivity index (χ1v) is 16.6. The van der Waals surface area contributed by atoms with Crippen LogP contribution in [0.2, 0.25) is 0 Å². The summed E-state index contributed by atoms with van der Waals surface area (Å²) in [5, 5.41) is 17.7. The third kappa shape index (κ3) is 21.8. The van der Waals surface area contributed by atoms with Crippen molar-refractivity contribution in [2.75, 3.05) is 118 Å². The largest absolute Gasteiger partial charge is 0.392 e. The lowest BCUT2D eigenvalue weighted by Gasteiger charge is -2.19. The molecule has 282 valence electrons. The van der Waals surface area contributed by atoms with Crippen molar-refractivity contribution in [2.45, 2.75) is 39.5 Å². The minimum Gasteiger partial charge on any atom is -0.392 e. The molecular weight excluding hydrogens is 644 g/mol. The van der Waals surface area contributed by atoms with Gasteiger partial charge < -0.3 is 64.7 Å². The number of ether oxygens (including phenoxy) is 8. The number of amides is 3. The molecule has 16 heteroatoms. The van der Waals surface area contributed by atoms with E-state index in [9.17, 15) is 19.5 Å². The lowest BCUT2D eigenvalue weighted by Crippen LogP contribution is -2.50. The number of methoxy groups -OCH3 is 1. The molecule has 2 atom stereocenters. The number of carbonyl (C=O) groups is 3. The molecule has 1 aromatic carbocycles. The number of hydrogen-bond donors (Lipinski definition) is 5. The fraction of sp³-hybridized carbons (Fsp3) is 0.727. The molecule has 0 fully saturated rings. The van der Waals surface area contributed by atoms with Crippen LogP contribution in [0.15, 0.2) is 18.2 Å². The molecule has 0 saturated heterocycles. The quantitative estimate of drug-likeness (QED) is 0.0652. The van der Waals surface area contributed by atoms with Gasteiger partial charge in [-0.05, 0) is 30.5 Å². The van der Waals surface area contributed by atoms with Gasteiger partial charge in [-0.25, -0.2) is 0 Å². The monoisotopic (exact) mass is 702 g/mol. The van der Waals surface area contributed by atoms with Gasteiger partial charge in [0.25, 0.3) is 5.91 Å². The van der Waals surface area contributed by atoms with E-state index in [1.807, 2.05) is 13.8 Å². The van der Waals surface area contributed by atoms with Crippen LogP contribution in [0.25, 0.3) is 0 Å². The Labute approximate surface area is 289 Å². The maximum Gasteiger partial charge on any atom is 0.251 e. The average molecular weight is 703 g/mol. The highest BCUT2D eigenvalue weighted by molar-refractivity contribution is 6.00. The summed E-state index contributed by atoms with van der Waals surface area (Å²) in [6.07, 6.45) is 0. The van der Waals surface area contributed by atoms with Crippen LogP contribution in [0.1, 0.15) is 36.7 Å². The van der Waals surface area contributed by atoms with E-state index in [4.69, 9.17) is 43.6 Å². The molecule has 0 aliphatic carbocycles. The molecule has 1 rings (SSSR count). The second kappa shape index (κ2) is 29.0. The smallest absolute Gasteiger partial charge is 0.251 e. The average Bonchev–Trinajstić information content (AvgIpc) is 3.09. The maximum absolute atomic E-state index is 12.8. The van der Waals surface area contributed by atoms with Gasteiger partial charge in [0, 0.05) is 24.9 Å². The van der Waals surface area contributed by atoms with Crippen molar-refractivity contribution < 1.29 is 57.4 Å². The fourth-order valence-electron chi connectivity index (χ4n) is 3.83. The summed E-state index contributed by atoms with van der Waals surface area (Å²) in [4.78, 5) is 37.6. The van der Waals surface area contributed by atoms with Crippen LogP contribution in [-0.4, -0.2) is 148 Å². The van der Waals surface area contributed by atoms with Gasteiger partial charge in [-0.3, -0.25) is 14.4 Å². The van der Waals surface area contributed by atoms with E-state index in [1.54, 1.807) is 19.2 Å². The Balaban J connectivity index is 2.08. The molecule has 0 unspecified atom stereocenters. The number of rotatable bonds is 31. The Hall–Kier alpha value is -2.77. The van der Waals surface area contributed by atoms with E-state index in [-0.39, 0.29) is 31.2 Å². The normalized spacial score (nSPS) is 12.6. The van der Waals surface area contributed by atoms with Crippen molar-refractivity contribution in [3.05, 3.63) is 29.3 Å². The molecule has 49 heavy (non-hydrogen) atoms. The molecular formula is C33H58N4O12. The molecule has 0 aliphatic heterocycles. The SMILES string of the molecule is COCCOCCOCCOCCOCCOCCOCCOCCNC(=O)c1cc(NC(=O)[C@H](C)NC(=O)[C@@H](N)C(C)C)ccc1CO. The topological polar surface area (TPSA) is 207 Å². The lowest BCUT2D eigenvalue weighted by molar-refractivity contribution is -0.127. The molecule has 0 radical (unpaired) electrons. The number of hydrogen-bond acceptors (Lipinski definition) is 13. The number of nitrogens with one attached hydrogen (secondary N) is 3. The van der Waals surface area contributed by atoms with Crippen molar-refractivity contribution in [3.63, 3.8) is 0 Å². The first kappa shape index (κ1) is 44.3. The van der Waals surface area contributed by atoms with Crippen LogP contribution < -0.4 is 21.7 Å².